The second-order valence-corrected chi connectivity index (χ2v) is 7.06. The number of rotatable bonds is 4. The Balaban J connectivity index is 1.51. The van der Waals surface area contributed by atoms with Crippen LogP contribution in [0.2, 0.25) is 0 Å². The number of fused-ring (bicyclic) bond motifs is 1. The molecule has 0 radical (unpaired) electrons. The number of hydrogen-bond acceptors (Lipinski definition) is 5. The van der Waals surface area contributed by atoms with Gasteiger partial charge in [-0.25, -0.2) is 13.8 Å². The molecule has 28 heavy (non-hydrogen) atoms. The number of nitrogens with zero attached hydrogens (tertiary/aromatic N) is 6. The first-order valence-electron chi connectivity index (χ1n) is 9.39. The van der Waals surface area contributed by atoms with Crippen molar-refractivity contribution in [3.8, 4) is 5.69 Å². The smallest absolute Gasteiger partial charge is 0.231 e. The van der Waals surface area contributed by atoms with Crippen LogP contribution in [0.3, 0.4) is 0 Å². The zero-order chi connectivity index (χ0) is 19.7. The van der Waals surface area contributed by atoms with Crippen LogP contribution in [0.25, 0.3) is 5.69 Å². The van der Waals surface area contributed by atoms with Gasteiger partial charge in [0.1, 0.15) is 5.82 Å². The van der Waals surface area contributed by atoms with E-state index < -0.39 is 0 Å². The number of aromatic nitrogens is 6. The van der Waals surface area contributed by atoms with Gasteiger partial charge in [0, 0.05) is 24.3 Å². The van der Waals surface area contributed by atoms with Crippen LogP contribution in [0.5, 0.6) is 0 Å². The number of aryl methyl sites for hydroxylation is 2. The van der Waals surface area contributed by atoms with Gasteiger partial charge in [-0.05, 0) is 61.4 Å². The molecule has 3 heterocycles. The molecule has 1 amide bonds. The molecule has 1 N–H and O–H groups in total. The van der Waals surface area contributed by atoms with Crippen LogP contribution < -0.4 is 5.32 Å². The lowest BCUT2D eigenvalue weighted by Gasteiger charge is -2.13. The number of amides is 1. The van der Waals surface area contributed by atoms with Crippen molar-refractivity contribution in [2.75, 3.05) is 0 Å². The van der Waals surface area contributed by atoms with Crippen molar-refractivity contribution in [1.29, 1.82) is 0 Å². The molecule has 9 heteroatoms. The van der Waals surface area contributed by atoms with Gasteiger partial charge in [-0.15, -0.1) is 5.10 Å². The third-order valence-corrected chi connectivity index (χ3v) is 5.25. The van der Waals surface area contributed by atoms with E-state index in [1.54, 1.807) is 21.5 Å². The van der Waals surface area contributed by atoms with Crippen LogP contribution in [0, 0.1) is 19.7 Å². The van der Waals surface area contributed by atoms with Gasteiger partial charge in [0.15, 0.2) is 5.82 Å². The van der Waals surface area contributed by atoms with E-state index in [2.05, 4.69) is 25.9 Å². The van der Waals surface area contributed by atoms with Crippen molar-refractivity contribution >= 4 is 5.91 Å². The normalized spacial score (nSPS) is 16.5. The summed E-state index contributed by atoms with van der Waals surface area (Å²) in [6, 6.07) is 6.18. The molecule has 2 aromatic heterocycles. The zero-order valence-electron chi connectivity index (χ0n) is 15.9. The quantitative estimate of drug-likeness (QED) is 0.746. The zero-order valence-corrected chi connectivity index (χ0v) is 15.9. The van der Waals surface area contributed by atoms with Crippen molar-refractivity contribution in [1.82, 2.24) is 35.3 Å². The van der Waals surface area contributed by atoms with Gasteiger partial charge in [0.2, 0.25) is 5.91 Å². The molecule has 1 unspecified atom stereocenters. The standard InChI is InChI=1S/C19H22FN7O/c1-12-17(13(2)27(23-12)15-8-6-14(20)7-9-15)11-21-19(28)16-5-3-4-10-26-18(16)22-24-25-26/h6-9,16H,3-5,10-11H2,1-2H3,(H,21,28). The molecule has 3 aromatic rings. The van der Waals surface area contributed by atoms with Gasteiger partial charge < -0.3 is 5.32 Å². The molecule has 0 fully saturated rings. The van der Waals surface area contributed by atoms with E-state index in [9.17, 15) is 9.18 Å². The van der Waals surface area contributed by atoms with Crippen LogP contribution in [0.15, 0.2) is 24.3 Å². The van der Waals surface area contributed by atoms with Gasteiger partial charge in [-0.1, -0.05) is 6.42 Å². The Morgan fingerprint density at radius 2 is 2.04 bits per heavy atom. The average Bonchev–Trinajstić information content (AvgIpc) is 3.19. The Morgan fingerprint density at radius 3 is 2.82 bits per heavy atom. The van der Waals surface area contributed by atoms with Crippen LogP contribution in [0.1, 0.15) is 48.0 Å². The SMILES string of the molecule is Cc1nn(-c2ccc(F)cc2)c(C)c1CNC(=O)C1CCCCn2nnnc21. The second-order valence-electron chi connectivity index (χ2n) is 7.06. The number of tetrazole rings is 1. The summed E-state index contributed by atoms with van der Waals surface area (Å²) < 4.78 is 16.7. The summed E-state index contributed by atoms with van der Waals surface area (Å²) in [6.45, 7) is 4.96. The minimum atomic E-state index is -0.342. The third kappa shape index (κ3) is 3.39. The van der Waals surface area contributed by atoms with Crippen LogP contribution >= 0.6 is 0 Å². The number of carbonyl (C=O) groups excluding carboxylic acids is 1. The molecule has 0 spiro atoms. The molecule has 146 valence electrons. The van der Waals surface area contributed by atoms with Gasteiger partial charge >= 0.3 is 0 Å². The minimum Gasteiger partial charge on any atom is -0.351 e. The van der Waals surface area contributed by atoms with E-state index in [1.165, 1.54) is 12.1 Å². The highest BCUT2D eigenvalue weighted by molar-refractivity contribution is 5.82. The minimum absolute atomic E-state index is 0.0775. The summed E-state index contributed by atoms with van der Waals surface area (Å²) in [7, 11) is 0. The predicted molar refractivity (Wildman–Crippen MR) is 99.3 cm³/mol. The second kappa shape index (κ2) is 7.49. The van der Waals surface area contributed by atoms with Gasteiger partial charge in [-0.3, -0.25) is 4.79 Å². The molecule has 0 aliphatic carbocycles. The maximum atomic E-state index is 13.2. The molecule has 0 bridgehead atoms. The molecule has 8 nitrogen and oxygen atoms in total. The molecule has 1 aliphatic rings. The molecular weight excluding hydrogens is 361 g/mol. The van der Waals surface area contributed by atoms with E-state index >= 15 is 0 Å². The predicted octanol–water partition coefficient (Wildman–Crippen LogP) is 2.20. The highest BCUT2D eigenvalue weighted by atomic mass is 19.1. The number of nitrogens with one attached hydrogen (secondary N) is 1. The van der Waals surface area contributed by atoms with Gasteiger partial charge in [0.05, 0.1) is 17.3 Å². The Hall–Kier alpha value is -3.10. The van der Waals surface area contributed by atoms with Crippen molar-refractivity contribution in [2.45, 2.75) is 52.1 Å². The first kappa shape index (κ1) is 18.3. The fourth-order valence-electron chi connectivity index (χ4n) is 3.67. The molecule has 0 saturated carbocycles. The number of carbonyl (C=O) groups is 1. The lowest BCUT2D eigenvalue weighted by Crippen LogP contribution is -2.30. The monoisotopic (exact) mass is 383 g/mol. The highest BCUT2D eigenvalue weighted by Gasteiger charge is 2.28. The topological polar surface area (TPSA) is 90.5 Å². The lowest BCUT2D eigenvalue weighted by molar-refractivity contribution is -0.123. The molecule has 0 saturated heterocycles. The van der Waals surface area contributed by atoms with E-state index in [-0.39, 0.29) is 17.6 Å². The molecule has 1 aromatic carbocycles. The summed E-state index contributed by atoms with van der Waals surface area (Å²) >= 11 is 0. The Bertz CT molecular complexity index is 992. The third-order valence-electron chi connectivity index (χ3n) is 5.25. The first-order chi connectivity index (χ1) is 13.5. The van der Waals surface area contributed by atoms with Gasteiger partial charge in [0.25, 0.3) is 0 Å². The molecular formula is C19H22FN7O. The fourth-order valence-corrected chi connectivity index (χ4v) is 3.67. The van der Waals surface area contributed by atoms with Crippen LogP contribution in [-0.4, -0.2) is 35.9 Å². The van der Waals surface area contributed by atoms with Crippen molar-refractivity contribution in [3.63, 3.8) is 0 Å². The van der Waals surface area contributed by atoms with E-state index in [0.717, 1.165) is 48.4 Å². The highest BCUT2D eigenvalue weighted by Crippen LogP contribution is 2.24. The number of benzene rings is 1. The Labute approximate surface area is 161 Å². The fraction of sp³-hybridized carbons (Fsp3) is 0.421. The van der Waals surface area contributed by atoms with E-state index in [1.807, 2.05) is 13.8 Å². The molecule has 4 rings (SSSR count). The first-order valence-corrected chi connectivity index (χ1v) is 9.39. The summed E-state index contributed by atoms with van der Waals surface area (Å²) in [4.78, 5) is 12.8. The maximum Gasteiger partial charge on any atom is 0.231 e. The maximum absolute atomic E-state index is 13.2. The van der Waals surface area contributed by atoms with Crippen LogP contribution in [-0.2, 0) is 17.9 Å². The lowest BCUT2D eigenvalue weighted by atomic mass is 10.0. The summed E-state index contributed by atoms with van der Waals surface area (Å²) in [5.41, 5.74) is 3.47. The van der Waals surface area contributed by atoms with E-state index in [0.29, 0.717) is 12.4 Å². The largest absolute Gasteiger partial charge is 0.351 e. The summed E-state index contributed by atoms with van der Waals surface area (Å²) in [6.07, 6.45) is 2.65. The molecule has 1 aliphatic heterocycles. The average molecular weight is 383 g/mol. The summed E-state index contributed by atoms with van der Waals surface area (Å²) in [5, 5.41) is 19.3. The van der Waals surface area contributed by atoms with E-state index in [4.69, 9.17) is 0 Å². The Morgan fingerprint density at radius 1 is 1.25 bits per heavy atom. The Kier molecular flexibility index (Phi) is 4.89. The van der Waals surface area contributed by atoms with Crippen molar-refractivity contribution in [3.05, 3.63) is 52.9 Å². The van der Waals surface area contributed by atoms with Crippen LogP contribution in [0.4, 0.5) is 4.39 Å². The number of halogens is 1. The summed E-state index contributed by atoms with van der Waals surface area (Å²) in [5.74, 6) is -0.0782. The molecule has 1 atom stereocenters. The van der Waals surface area contributed by atoms with Gasteiger partial charge in [-0.2, -0.15) is 5.10 Å². The van der Waals surface area contributed by atoms with Crippen molar-refractivity contribution < 1.29 is 9.18 Å². The number of hydrogen-bond donors (Lipinski definition) is 1. The van der Waals surface area contributed by atoms with Crippen molar-refractivity contribution in [2.24, 2.45) is 0 Å².